The Morgan fingerprint density at radius 2 is 2.00 bits per heavy atom. The first-order valence-corrected chi connectivity index (χ1v) is 6.86. The average Bonchev–Trinajstić information content (AvgIpc) is 2.46. The van der Waals surface area contributed by atoms with Crippen LogP contribution in [0.1, 0.15) is 36.7 Å². The first-order valence-electron chi connectivity index (χ1n) is 6.86. The number of hydrogen-bond acceptors (Lipinski definition) is 6. The summed E-state index contributed by atoms with van der Waals surface area (Å²) in [6.07, 6.45) is 1.64. The molecule has 0 amide bonds. The van der Waals surface area contributed by atoms with Crippen molar-refractivity contribution in [2.45, 2.75) is 33.3 Å². The Morgan fingerprint density at radius 3 is 2.68 bits per heavy atom. The van der Waals surface area contributed by atoms with E-state index in [9.17, 15) is 4.79 Å². The molecule has 6 nitrogen and oxygen atoms in total. The van der Waals surface area contributed by atoms with Gasteiger partial charge in [0, 0.05) is 11.8 Å². The molecule has 0 fully saturated rings. The maximum Gasteiger partial charge on any atom is 0.373 e. The second-order valence-corrected chi connectivity index (χ2v) is 5.91. The smallest absolute Gasteiger partial charge is 0.368 e. The molecule has 0 saturated carbocycles. The topological polar surface area (TPSA) is 87.3 Å². The highest BCUT2D eigenvalue weighted by Crippen LogP contribution is 2.22. The maximum absolute atomic E-state index is 12.0. The van der Waals surface area contributed by atoms with Crippen LogP contribution in [0.25, 0.3) is 11.3 Å². The summed E-state index contributed by atoms with van der Waals surface area (Å²) < 4.78 is 0. The number of aryl methyl sites for hydroxylation is 1. The molecule has 0 saturated heterocycles. The molecule has 0 unspecified atom stereocenters. The number of benzene rings is 1. The molecule has 6 heteroatoms. The minimum atomic E-state index is -0.565. The minimum Gasteiger partial charge on any atom is -0.368 e. The largest absolute Gasteiger partial charge is 0.373 e. The van der Waals surface area contributed by atoms with Crippen LogP contribution in [0.15, 0.2) is 30.5 Å². The number of nitrogen functional groups attached to an aromatic ring is 1. The zero-order valence-electron chi connectivity index (χ0n) is 13.1. The van der Waals surface area contributed by atoms with Crippen LogP contribution in [0.4, 0.5) is 5.95 Å². The fourth-order valence-electron chi connectivity index (χ4n) is 1.75. The van der Waals surface area contributed by atoms with Gasteiger partial charge in [0.25, 0.3) is 0 Å². The third-order valence-electron chi connectivity index (χ3n) is 2.73. The van der Waals surface area contributed by atoms with Gasteiger partial charge in [-0.1, -0.05) is 12.1 Å². The van der Waals surface area contributed by atoms with Gasteiger partial charge in [-0.05, 0) is 45.4 Å². The van der Waals surface area contributed by atoms with Crippen molar-refractivity contribution in [2.24, 2.45) is 0 Å². The number of hydrogen-bond donors (Lipinski definition) is 1. The lowest BCUT2D eigenvalue weighted by Crippen LogP contribution is -2.21. The van der Waals surface area contributed by atoms with Crippen molar-refractivity contribution >= 4 is 11.9 Å². The van der Waals surface area contributed by atoms with Gasteiger partial charge in [0.05, 0.1) is 11.3 Å². The number of rotatable bonds is 3. The summed E-state index contributed by atoms with van der Waals surface area (Å²) in [6.45, 7) is 7.26. The van der Waals surface area contributed by atoms with Crippen molar-refractivity contribution in [2.75, 3.05) is 5.73 Å². The highest BCUT2D eigenvalue weighted by molar-refractivity contribution is 5.90. The fraction of sp³-hybridized carbons (Fsp3) is 0.312. The molecule has 22 heavy (non-hydrogen) atoms. The molecule has 0 bridgehead atoms. The van der Waals surface area contributed by atoms with E-state index in [0.717, 1.165) is 11.1 Å². The van der Waals surface area contributed by atoms with Crippen molar-refractivity contribution < 1.29 is 14.6 Å². The van der Waals surface area contributed by atoms with Crippen LogP contribution in [0.2, 0.25) is 0 Å². The Labute approximate surface area is 129 Å². The molecule has 0 spiro atoms. The number of carbonyl (C=O) groups is 1. The summed E-state index contributed by atoms with van der Waals surface area (Å²) in [5.41, 5.74) is 7.74. The monoisotopic (exact) mass is 301 g/mol. The zero-order chi connectivity index (χ0) is 16.3. The SMILES string of the molecule is Cc1cnc(N)nc1-c1cccc(C(=O)OOC(C)(C)C)c1. The molecular formula is C16H19N3O3. The van der Waals surface area contributed by atoms with E-state index in [1.54, 1.807) is 45.2 Å². The van der Waals surface area contributed by atoms with E-state index in [1.807, 2.05) is 13.0 Å². The Bertz CT molecular complexity index is 693. The van der Waals surface area contributed by atoms with Gasteiger partial charge in [-0.2, -0.15) is 4.89 Å². The predicted octanol–water partition coefficient (Wildman–Crippen LogP) is 2.92. The van der Waals surface area contributed by atoms with Gasteiger partial charge < -0.3 is 5.73 Å². The van der Waals surface area contributed by atoms with E-state index in [4.69, 9.17) is 15.5 Å². The molecule has 1 aromatic heterocycles. The standard InChI is InChI=1S/C16H19N3O3/c1-10-9-18-15(17)19-13(10)11-6-5-7-12(8-11)14(20)21-22-16(2,3)4/h5-9H,1-4H3,(H2,17,18,19). The van der Waals surface area contributed by atoms with Crippen LogP contribution >= 0.6 is 0 Å². The van der Waals surface area contributed by atoms with E-state index in [-0.39, 0.29) is 5.95 Å². The van der Waals surface area contributed by atoms with Crippen molar-refractivity contribution in [3.05, 3.63) is 41.6 Å². The third kappa shape index (κ3) is 4.02. The molecule has 0 atom stereocenters. The third-order valence-corrected chi connectivity index (χ3v) is 2.73. The number of carbonyl (C=O) groups excluding carboxylic acids is 1. The van der Waals surface area contributed by atoms with Crippen molar-refractivity contribution in [3.8, 4) is 11.3 Å². The van der Waals surface area contributed by atoms with Crippen LogP contribution in [0, 0.1) is 6.92 Å². The summed E-state index contributed by atoms with van der Waals surface area (Å²) in [4.78, 5) is 30.0. The minimum absolute atomic E-state index is 0.185. The number of aromatic nitrogens is 2. The van der Waals surface area contributed by atoms with Gasteiger partial charge in [-0.15, -0.1) is 0 Å². The Kier molecular flexibility index (Phi) is 4.42. The molecule has 0 radical (unpaired) electrons. The molecule has 116 valence electrons. The van der Waals surface area contributed by atoms with Gasteiger partial charge in [-0.3, -0.25) is 4.89 Å². The van der Waals surface area contributed by atoms with Crippen molar-refractivity contribution in [3.63, 3.8) is 0 Å². The van der Waals surface area contributed by atoms with Gasteiger partial charge in [0.1, 0.15) is 5.60 Å². The van der Waals surface area contributed by atoms with E-state index in [1.165, 1.54) is 0 Å². The second kappa shape index (κ2) is 6.11. The number of anilines is 1. The fourth-order valence-corrected chi connectivity index (χ4v) is 1.75. The van der Waals surface area contributed by atoms with Crippen LogP contribution < -0.4 is 5.73 Å². The molecule has 2 rings (SSSR count). The van der Waals surface area contributed by atoms with E-state index in [0.29, 0.717) is 11.3 Å². The van der Waals surface area contributed by atoms with Crippen LogP contribution in [-0.4, -0.2) is 21.5 Å². The molecular weight excluding hydrogens is 282 g/mol. The molecule has 0 aliphatic rings. The molecule has 0 aliphatic heterocycles. The summed E-state index contributed by atoms with van der Waals surface area (Å²) in [6, 6.07) is 6.93. The van der Waals surface area contributed by atoms with Gasteiger partial charge in [-0.25, -0.2) is 14.8 Å². The van der Waals surface area contributed by atoms with Crippen LogP contribution in [0.5, 0.6) is 0 Å². The van der Waals surface area contributed by atoms with E-state index >= 15 is 0 Å². The molecule has 2 N–H and O–H groups in total. The van der Waals surface area contributed by atoms with E-state index < -0.39 is 11.6 Å². The Morgan fingerprint density at radius 1 is 1.27 bits per heavy atom. The molecule has 2 aromatic rings. The lowest BCUT2D eigenvalue weighted by molar-refractivity contribution is -0.301. The summed E-state index contributed by atoms with van der Waals surface area (Å²) >= 11 is 0. The van der Waals surface area contributed by atoms with E-state index in [2.05, 4.69) is 9.97 Å². The van der Waals surface area contributed by atoms with Crippen molar-refractivity contribution in [1.29, 1.82) is 0 Å². The highest BCUT2D eigenvalue weighted by Gasteiger charge is 2.17. The molecule has 0 aliphatic carbocycles. The second-order valence-electron chi connectivity index (χ2n) is 5.91. The zero-order valence-corrected chi connectivity index (χ0v) is 13.1. The quantitative estimate of drug-likeness (QED) is 0.692. The first-order chi connectivity index (χ1) is 10.3. The highest BCUT2D eigenvalue weighted by atomic mass is 17.2. The first kappa shape index (κ1) is 15.9. The maximum atomic E-state index is 12.0. The lowest BCUT2D eigenvalue weighted by atomic mass is 10.1. The van der Waals surface area contributed by atoms with Gasteiger partial charge in [0.15, 0.2) is 0 Å². The number of nitrogens with zero attached hydrogens (tertiary/aromatic N) is 2. The Hall–Kier alpha value is -2.47. The van der Waals surface area contributed by atoms with Crippen molar-refractivity contribution in [1.82, 2.24) is 9.97 Å². The summed E-state index contributed by atoms with van der Waals surface area (Å²) in [7, 11) is 0. The number of nitrogens with two attached hydrogens (primary N) is 1. The molecule has 1 aromatic carbocycles. The normalized spacial score (nSPS) is 11.3. The summed E-state index contributed by atoms with van der Waals surface area (Å²) in [5.74, 6) is -0.374. The average molecular weight is 301 g/mol. The summed E-state index contributed by atoms with van der Waals surface area (Å²) in [5, 5.41) is 0. The lowest BCUT2D eigenvalue weighted by Gasteiger charge is -2.16. The van der Waals surface area contributed by atoms with Crippen LogP contribution in [0.3, 0.4) is 0 Å². The molecule has 1 heterocycles. The predicted molar refractivity (Wildman–Crippen MR) is 82.9 cm³/mol. The van der Waals surface area contributed by atoms with Gasteiger partial charge in [0.2, 0.25) is 5.95 Å². The van der Waals surface area contributed by atoms with Gasteiger partial charge >= 0.3 is 5.97 Å². The Balaban J connectivity index is 2.27. The van der Waals surface area contributed by atoms with Crippen LogP contribution in [-0.2, 0) is 9.78 Å².